The number of halogens is 2. The third-order valence-corrected chi connectivity index (χ3v) is 4.11. The summed E-state index contributed by atoms with van der Waals surface area (Å²) in [5, 5.41) is 13.7. The smallest absolute Gasteiger partial charge is 0.137 e. The quantitative estimate of drug-likeness (QED) is 0.894. The molecule has 1 heterocycles. The van der Waals surface area contributed by atoms with Crippen molar-refractivity contribution in [3.8, 4) is 0 Å². The molecule has 4 heteroatoms. The van der Waals surface area contributed by atoms with E-state index in [1.54, 1.807) is 12.1 Å². The van der Waals surface area contributed by atoms with Crippen molar-refractivity contribution in [2.75, 3.05) is 6.54 Å². The van der Waals surface area contributed by atoms with E-state index in [4.69, 9.17) is 0 Å². The average molecular weight is 316 g/mol. The zero-order valence-electron chi connectivity index (χ0n) is 10.3. The first-order valence-corrected chi connectivity index (χ1v) is 7.32. The maximum Gasteiger partial charge on any atom is 0.137 e. The van der Waals surface area contributed by atoms with Crippen LogP contribution < -0.4 is 5.32 Å². The van der Waals surface area contributed by atoms with Crippen molar-refractivity contribution in [3.63, 3.8) is 0 Å². The predicted octanol–water partition coefficient (Wildman–Crippen LogP) is 3.54. The van der Waals surface area contributed by atoms with E-state index in [9.17, 15) is 9.50 Å². The lowest BCUT2D eigenvalue weighted by Gasteiger charge is -2.20. The summed E-state index contributed by atoms with van der Waals surface area (Å²) in [6.07, 6.45) is 4.98. The highest BCUT2D eigenvalue weighted by Gasteiger charge is 2.17. The van der Waals surface area contributed by atoms with Crippen LogP contribution >= 0.6 is 15.9 Å². The van der Waals surface area contributed by atoms with Gasteiger partial charge in [-0.1, -0.05) is 18.9 Å². The molecule has 0 spiro atoms. The summed E-state index contributed by atoms with van der Waals surface area (Å²) in [6.45, 7) is 1.03. The summed E-state index contributed by atoms with van der Waals surface area (Å²) in [6, 6.07) is 5.08. The van der Waals surface area contributed by atoms with E-state index in [0.717, 1.165) is 18.5 Å². The third-order valence-electron chi connectivity index (χ3n) is 3.50. The molecule has 1 aliphatic rings. The van der Waals surface area contributed by atoms with Gasteiger partial charge in [-0.05, 0) is 59.4 Å². The standard InChI is InChI=1S/C14H19BrFNO/c15-12-8-10(5-6-13(12)16)14(18)9-11-4-2-1-3-7-17-11/h5-6,8,11,14,17-18H,1-4,7,9H2. The van der Waals surface area contributed by atoms with Crippen LogP contribution in [0, 0.1) is 5.82 Å². The van der Waals surface area contributed by atoms with E-state index in [1.165, 1.54) is 25.3 Å². The van der Waals surface area contributed by atoms with Gasteiger partial charge in [0.05, 0.1) is 10.6 Å². The Morgan fingerprint density at radius 3 is 3.00 bits per heavy atom. The van der Waals surface area contributed by atoms with E-state index in [2.05, 4.69) is 21.2 Å². The van der Waals surface area contributed by atoms with Crippen molar-refractivity contribution in [3.05, 3.63) is 34.1 Å². The van der Waals surface area contributed by atoms with Gasteiger partial charge in [0.25, 0.3) is 0 Å². The Kier molecular flexibility index (Phi) is 5.15. The SMILES string of the molecule is OC(CC1CCCCCN1)c1ccc(F)c(Br)c1. The minimum atomic E-state index is -0.530. The lowest BCUT2D eigenvalue weighted by molar-refractivity contribution is 0.150. The van der Waals surface area contributed by atoms with Gasteiger partial charge >= 0.3 is 0 Å². The molecule has 2 nitrogen and oxygen atoms in total. The fourth-order valence-corrected chi connectivity index (χ4v) is 2.82. The molecule has 1 fully saturated rings. The second-order valence-electron chi connectivity index (χ2n) is 4.93. The van der Waals surface area contributed by atoms with Crippen molar-refractivity contribution in [2.45, 2.75) is 44.2 Å². The van der Waals surface area contributed by atoms with Gasteiger partial charge in [0, 0.05) is 6.04 Å². The normalized spacial score (nSPS) is 22.5. The number of benzene rings is 1. The first kappa shape index (κ1) is 14.0. The molecule has 1 saturated heterocycles. The zero-order valence-corrected chi connectivity index (χ0v) is 11.9. The Morgan fingerprint density at radius 1 is 1.39 bits per heavy atom. The summed E-state index contributed by atoms with van der Waals surface area (Å²) in [5.41, 5.74) is 0.773. The van der Waals surface area contributed by atoms with Crippen molar-refractivity contribution in [2.24, 2.45) is 0 Å². The molecule has 2 rings (SSSR count). The average Bonchev–Trinajstić information content (AvgIpc) is 2.61. The Morgan fingerprint density at radius 2 is 2.22 bits per heavy atom. The molecule has 2 atom stereocenters. The predicted molar refractivity (Wildman–Crippen MR) is 73.9 cm³/mol. The number of aliphatic hydroxyl groups is 1. The molecule has 18 heavy (non-hydrogen) atoms. The van der Waals surface area contributed by atoms with Crippen LogP contribution in [-0.4, -0.2) is 17.7 Å². The molecule has 0 aromatic heterocycles. The van der Waals surface area contributed by atoms with Gasteiger partial charge in [0.2, 0.25) is 0 Å². The molecule has 2 unspecified atom stereocenters. The van der Waals surface area contributed by atoms with Crippen molar-refractivity contribution in [1.29, 1.82) is 0 Å². The second-order valence-corrected chi connectivity index (χ2v) is 5.78. The zero-order chi connectivity index (χ0) is 13.0. The van der Waals surface area contributed by atoms with Crippen LogP contribution in [0.2, 0.25) is 0 Å². The summed E-state index contributed by atoms with van der Waals surface area (Å²) in [4.78, 5) is 0. The van der Waals surface area contributed by atoms with Gasteiger partial charge in [-0.15, -0.1) is 0 Å². The molecule has 1 aromatic rings. The Labute approximate surface area is 116 Å². The molecule has 0 bridgehead atoms. The van der Waals surface area contributed by atoms with E-state index >= 15 is 0 Å². The number of aliphatic hydroxyl groups excluding tert-OH is 1. The van der Waals surface area contributed by atoms with Crippen LogP contribution in [-0.2, 0) is 0 Å². The minimum absolute atomic E-state index is 0.293. The van der Waals surface area contributed by atoms with Gasteiger partial charge in [0.15, 0.2) is 0 Å². The second kappa shape index (κ2) is 6.64. The van der Waals surface area contributed by atoms with Gasteiger partial charge in [-0.2, -0.15) is 0 Å². The van der Waals surface area contributed by atoms with Crippen molar-refractivity contribution >= 4 is 15.9 Å². The first-order valence-electron chi connectivity index (χ1n) is 6.53. The van der Waals surface area contributed by atoms with Gasteiger partial charge in [0.1, 0.15) is 5.82 Å². The maximum atomic E-state index is 13.1. The molecule has 0 amide bonds. The Balaban J connectivity index is 1.97. The molecule has 0 aliphatic carbocycles. The van der Waals surface area contributed by atoms with Gasteiger partial charge in [-0.3, -0.25) is 0 Å². The number of hydrogen-bond acceptors (Lipinski definition) is 2. The maximum absolute atomic E-state index is 13.1. The lowest BCUT2D eigenvalue weighted by atomic mass is 9.99. The topological polar surface area (TPSA) is 32.3 Å². The fourth-order valence-electron chi connectivity index (χ4n) is 2.43. The number of hydrogen-bond donors (Lipinski definition) is 2. The van der Waals surface area contributed by atoms with Crippen LogP contribution in [0.3, 0.4) is 0 Å². The monoisotopic (exact) mass is 315 g/mol. The Hall–Kier alpha value is -0.450. The summed E-state index contributed by atoms with van der Waals surface area (Å²) < 4.78 is 13.5. The molecule has 1 aromatic carbocycles. The molecule has 0 saturated carbocycles. The summed E-state index contributed by atoms with van der Waals surface area (Å²) in [7, 11) is 0. The van der Waals surface area contributed by atoms with Crippen molar-refractivity contribution < 1.29 is 9.50 Å². The molecule has 100 valence electrons. The van der Waals surface area contributed by atoms with Gasteiger partial charge in [-0.25, -0.2) is 4.39 Å². The van der Waals surface area contributed by atoms with E-state index in [0.29, 0.717) is 16.9 Å². The molecule has 1 aliphatic heterocycles. The molecular weight excluding hydrogens is 297 g/mol. The highest BCUT2D eigenvalue weighted by atomic mass is 79.9. The number of nitrogens with one attached hydrogen (secondary N) is 1. The van der Waals surface area contributed by atoms with Crippen molar-refractivity contribution in [1.82, 2.24) is 5.32 Å². The van der Waals surface area contributed by atoms with Crippen LogP contribution in [0.15, 0.2) is 22.7 Å². The minimum Gasteiger partial charge on any atom is -0.388 e. The molecule has 2 N–H and O–H groups in total. The molecule has 0 radical (unpaired) electrons. The number of rotatable bonds is 3. The molecular formula is C14H19BrFNO. The van der Waals surface area contributed by atoms with E-state index in [1.807, 2.05) is 0 Å². The largest absolute Gasteiger partial charge is 0.388 e. The Bertz CT molecular complexity index is 391. The first-order chi connectivity index (χ1) is 8.66. The summed E-state index contributed by atoms with van der Waals surface area (Å²) >= 11 is 3.15. The van der Waals surface area contributed by atoms with E-state index < -0.39 is 6.10 Å². The van der Waals surface area contributed by atoms with Crippen LogP contribution in [0.1, 0.15) is 43.8 Å². The van der Waals surface area contributed by atoms with Crippen LogP contribution in [0.4, 0.5) is 4.39 Å². The fraction of sp³-hybridized carbons (Fsp3) is 0.571. The highest BCUT2D eigenvalue weighted by Crippen LogP contribution is 2.25. The van der Waals surface area contributed by atoms with Crippen LogP contribution in [0.5, 0.6) is 0 Å². The third kappa shape index (κ3) is 3.77. The van der Waals surface area contributed by atoms with E-state index in [-0.39, 0.29) is 5.82 Å². The lowest BCUT2D eigenvalue weighted by Crippen LogP contribution is -2.29. The highest BCUT2D eigenvalue weighted by molar-refractivity contribution is 9.10. The summed E-state index contributed by atoms with van der Waals surface area (Å²) in [5.74, 6) is -0.293. The van der Waals surface area contributed by atoms with Crippen LogP contribution in [0.25, 0.3) is 0 Å². The van der Waals surface area contributed by atoms with Gasteiger partial charge < -0.3 is 10.4 Å².